The number of anilines is 1. The highest BCUT2D eigenvalue weighted by Gasteiger charge is 2.09. The third-order valence-corrected chi connectivity index (χ3v) is 3.27. The first kappa shape index (κ1) is 16.7. The molecule has 0 atom stereocenters. The molecule has 23 heavy (non-hydrogen) atoms. The number of hydrogen-bond acceptors (Lipinski definition) is 4. The van der Waals surface area contributed by atoms with Gasteiger partial charge in [0.1, 0.15) is 5.82 Å². The van der Waals surface area contributed by atoms with Crippen molar-refractivity contribution in [1.82, 2.24) is 9.97 Å². The summed E-state index contributed by atoms with van der Waals surface area (Å²) >= 11 is 0. The lowest BCUT2D eigenvalue weighted by Crippen LogP contribution is -3.00. The number of aliphatic carboxylic acids is 1. The molecule has 0 aliphatic heterocycles. The molecule has 118 valence electrons. The fourth-order valence-electron chi connectivity index (χ4n) is 2.22. The van der Waals surface area contributed by atoms with E-state index in [-0.39, 0.29) is 18.8 Å². The van der Waals surface area contributed by atoms with Crippen molar-refractivity contribution in [3.05, 3.63) is 54.6 Å². The first-order chi connectivity index (χ1) is 10.7. The van der Waals surface area contributed by atoms with Gasteiger partial charge < -0.3 is 22.8 Å². The van der Waals surface area contributed by atoms with Gasteiger partial charge in [0.25, 0.3) is 0 Å². The zero-order valence-corrected chi connectivity index (χ0v) is 13.0. The summed E-state index contributed by atoms with van der Waals surface area (Å²) in [6.45, 7) is 0.324. The van der Waals surface area contributed by atoms with E-state index in [1.807, 2.05) is 54.6 Å². The number of benzene rings is 2. The molecule has 3 aromatic rings. The van der Waals surface area contributed by atoms with Crippen molar-refractivity contribution in [3.8, 4) is 11.4 Å². The van der Waals surface area contributed by atoms with Gasteiger partial charge in [-0.1, -0.05) is 42.5 Å². The molecule has 0 spiro atoms. The van der Waals surface area contributed by atoms with Gasteiger partial charge in [-0.2, -0.15) is 0 Å². The molecule has 0 unspecified atom stereocenters. The zero-order chi connectivity index (χ0) is 15.4. The fourth-order valence-corrected chi connectivity index (χ4v) is 2.22. The van der Waals surface area contributed by atoms with Crippen molar-refractivity contribution in [2.45, 2.75) is 6.42 Å². The molecule has 3 rings (SSSR count). The average molecular weight is 329 g/mol. The van der Waals surface area contributed by atoms with E-state index in [0.717, 1.165) is 16.5 Å². The Balaban J connectivity index is 0.00000192. The summed E-state index contributed by atoms with van der Waals surface area (Å²) in [5.74, 6) is 0.442. The molecule has 2 aromatic carbocycles. The van der Waals surface area contributed by atoms with Crippen LogP contribution in [0, 0.1) is 0 Å². The predicted molar refractivity (Wildman–Crippen MR) is 85.7 cm³/mol. The van der Waals surface area contributed by atoms with Gasteiger partial charge in [-0.3, -0.25) is 4.79 Å². The van der Waals surface area contributed by atoms with Crippen molar-refractivity contribution in [3.63, 3.8) is 0 Å². The minimum absolute atomic E-state index is 0. The maximum atomic E-state index is 10.7. The second-order valence-electron chi connectivity index (χ2n) is 4.85. The molecule has 0 aliphatic carbocycles. The molecule has 0 saturated carbocycles. The zero-order valence-electron chi connectivity index (χ0n) is 12.2. The Hall–Kier alpha value is -2.66. The quantitative estimate of drug-likeness (QED) is 0.699. The molecule has 1 aromatic heterocycles. The standard InChI is InChI=1S/C17H15N3O2.ClH/c21-15(22)10-11-18-17-13-8-4-5-9-14(13)19-16(20-17)12-6-2-1-3-7-12;/h1-9H,10-11H2,(H,21,22)(H,18,19,20);1H/p-1. The van der Waals surface area contributed by atoms with Gasteiger partial charge in [0.15, 0.2) is 5.82 Å². The molecule has 0 fully saturated rings. The van der Waals surface area contributed by atoms with Crippen molar-refractivity contribution < 1.29 is 22.3 Å². The largest absolute Gasteiger partial charge is 1.00 e. The normalized spacial score (nSPS) is 10.1. The molecule has 0 radical (unpaired) electrons. The van der Waals surface area contributed by atoms with E-state index in [1.54, 1.807) is 0 Å². The Morgan fingerprint density at radius 2 is 1.70 bits per heavy atom. The highest BCUT2D eigenvalue weighted by Crippen LogP contribution is 2.24. The van der Waals surface area contributed by atoms with E-state index in [1.165, 1.54) is 0 Å². The van der Waals surface area contributed by atoms with Gasteiger partial charge in [0.05, 0.1) is 11.9 Å². The third-order valence-electron chi connectivity index (χ3n) is 3.27. The SMILES string of the molecule is O=C(O)CCNc1nc(-c2ccccc2)nc2ccccc12.[Cl-]. The lowest BCUT2D eigenvalue weighted by molar-refractivity contribution is -0.136. The molecule has 0 amide bonds. The third kappa shape index (κ3) is 3.96. The van der Waals surface area contributed by atoms with Crippen LogP contribution in [0.5, 0.6) is 0 Å². The maximum Gasteiger partial charge on any atom is 0.305 e. The van der Waals surface area contributed by atoms with Crippen molar-refractivity contribution in [1.29, 1.82) is 0 Å². The van der Waals surface area contributed by atoms with Crippen LogP contribution in [0.4, 0.5) is 5.82 Å². The Bertz CT molecular complexity index is 809. The van der Waals surface area contributed by atoms with E-state index < -0.39 is 5.97 Å². The lowest BCUT2D eigenvalue weighted by Gasteiger charge is -2.10. The summed E-state index contributed by atoms with van der Waals surface area (Å²) < 4.78 is 0. The highest BCUT2D eigenvalue weighted by atomic mass is 35.5. The number of hydrogen-bond donors (Lipinski definition) is 2. The smallest absolute Gasteiger partial charge is 0.305 e. The molecular weight excluding hydrogens is 314 g/mol. The predicted octanol–water partition coefficient (Wildman–Crippen LogP) is 0.187. The number of fused-ring (bicyclic) bond motifs is 1. The van der Waals surface area contributed by atoms with Gasteiger partial charge in [0, 0.05) is 17.5 Å². The number of nitrogens with zero attached hydrogens (tertiary/aromatic N) is 2. The number of rotatable bonds is 5. The van der Waals surface area contributed by atoms with Crippen LogP contribution in [0.1, 0.15) is 6.42 Å². The molecule has 0 saturated heterocycles. The molecule has 1 heterocycles. The number of para-hydroxylation sites is 1. The summed E-state index contributed by atoms with van der Waals surface area (Å²) in [4.78, 5) is 19.8. The Kier molecular flexibility index (Phi) is 5.49. The number of carboxylic acids is 1. The Labute approximate surface area is 139 Å². The molecule has 0 bridgehead atoms. The van der Waals surface area contributed by atoms with E-state index >= 15 is 0 Å². The van der Waals surface area contributed by atoms with Gasteiger partial charge in [-0.15, -0.1) is 0 Å². The minimum atomic E-state index is -0.839. The second-order valence-corrected chi connectivity index (χ2v) is 4.85. The highest BCUT2D eigenvalue weighted by molar-refractivity contribution is 5.90. The first-order valence-electron chi connectivity index (χ1n) is 7.02. The fraction of sp³-hybridized carbons (Fsp3) is 0.118. The van der Waals surface area contributed by atoms with Crippen molar-refractivity contribution >= 4 is 22.7 Å². The van der Waals surface area contributed by atoms with Crippen LogP contribution in [0.3, 0.4) is 0 Å². The summed E-state index contributed by atoms with van der Waals surface area (Å²) in [7, 11) is 0. The van der Waals surface area contributed by atoms with E-state index in [0.29, 0.717) is 18.2 Å². The van der Waals surface area contributed by atoms with Crippen molar-refractivity contribution in [2.75, 3.05) is 11.9 Å². The van der Waals surface area contributed by atoms with Gasteiger partial charge in [0.2, 0.25) is 0 Å². The van der Waals surface area contributed by atoms with Crippen LogP contribution in [0.15, 0.2) is 54.6 Å². The molecule has 6 heteroatoms. The van der Waals surface area contributed by atoms with Gasteiger partial charge >= 0.3 is 5.97 Å². The molecule has 0 aliphatic rings. The van der Waals surface area contributed by atoms with Crippen molar-refractivity contribution in [2.24, 2.45) is 0 Å². The minimum Gasteiger partial charge on any atom is -1.00 e. The Morgan fingerprint density at radius 3 is 2.43 bits per heavy atom. The van der Waals surface area contributed by atoms with Gasteiger partial charge in [-0.25, -0.2) is 9.97 Å². The van der Waals surface area contributed by atoms with Crippen LogP contribution < -0.4 is 17.7 Å². The molecular formula is C17H15ClN3O2-. The monoisotopic (exact) mass is 328 g/mol. The average Bonchev–Trinajstić information content (AvgIpc) is 2.55. The Morgan fingerprint density at radius 1 is 1.00 bits per heavy atom. The molecule has 5 nitrogen and oxygen atoms in total. The molecule has 2 N–H and O–H groups in total. The summed E-state index contributed by atoms with van der Waals surface area (Å²) in [6.07, 6.45) is 0.0407. The number of halogens is 1. The van der Waals surface area contributed by atoms with Crippen LogP contribution in [-0.2, 0) is 4.79 Å². The summed E-state index contributed by atoms with van der Waals surface area (Å²) in [5, 5.41) is 12.7. The first-order valence-corrected chi connectivity index (χ1v) is 7.02. The van der Waals surface area contributed by atoms with Crippen LogP contribution in [0.2, 0.25) is 0 Å². The topological polar surface area (TPSA) is 75.1 Å². The van der Waals surface area contributed by atoms with Crippen LogP contribution in [-0.4, -0.2) is 27.6 Å². The summed E-state index contributed by atoms with van der Waals surface area (Å²) in [5.41, 5.74) is 1.75. The second kappa shape index (κ2) is 7.56. The number of carbonyl (C=O) groups is 1. The summed E-state index contributed by atoms with van der Waals surface area (Å²) in [6, 6.07) is 17.4. The van der Waals surface area contributed by atoms with E-state index in [2.05, 4.69) is 15.3 Å². The van der Waals surface area contributed by atoms with E-state index in [9.17, 15) is 4.79 Å². The van der Waals surface area contributed by atoms with Gasteiger partial charge in [-0.05, 0) is 12.1 Å². The number of aromatic nitrogens is 2. The number of nitrogens with one attached hydrogen (secondary N) is 1. The lowest BCUT2D eigenvalue weighted by atomic mass is 10.2. The van der Waals surface area contributed by atoms with Crippen LogP contribution >= 0.6 is 0 Å². The van der Waals surface area contributed by atoms with E-state index in [4.69, 9.17) is 5.11 Å². The maximum absolute atomic E-state index is 10.7. The number of carboxylic acid groups (broad SMARTS) is 1. The van der Waals surface area contributed by atoms with Crippen LogP contribution in [0.25, 0.3) is 22.3 Å².